The third-order valence-corrected chi connectivity index (χ3v) is 2.98. The van der Waals surface area contributed by atoms with Gasteiger partial charge < -0.3 is 10.6 Å². The lowest BCUT2D eigenvalue weighted by Crippen LogP contribution is -2.41. The molecule has 7 heteroatoms. The van der Waals surface area contributed by atoms with Gasteiger partial charge in [0.15, 0.2) is 11.6 Å². The molecule has 0 radical (unpaired) electrons. The summed E-state index contributed by atoms with van der Waals surface area (Å²) >= 11 is 0. The molecule has 0 aliphatic rings. The quantitative estimate of drug-likeness (QED) is 0.328. The number of nitrogens with one attached hydrogen (secondary N) is 2. The molecule has 2 heterocycles. The fourth-order valence-corrected chi connectivity index (χ4v) is 2.08. The Bertz CT molecular complexity index is 592. The van der Waals surface area contributed by atoms with Crippen LogP contribution in [0.25, 0.3) is 5.65 Å². The van der Waals surface area contributed by atoms with Crippen molar-refractivity contribution in [2.75, 3.05) is 13.1 Å². The lowest BCUT2D eigenvalue weighted by molar-refractivity contribution is 0.693. The molecule has 22 heavy (non-hydrogen) atoms. The van der Waals surface area contributed by atoms with Gasteiger partial charge in [0.05, 0.1) is 0 Å². The summed E-state index contributed by atoms with van der Waals surface area (Å²) in [4.78, 5) is 4.57. The zero-order chi connectivity index (χ0) is 15.1. The van der Waals surface area contributed by atoms with Gasteiger partial charge in [0.2, 0.25) is 0 Å². The highest BCUT2D eigenvalue weighted by atomic mass is 127. The van der Waals surface area contributed by atoms with Gasteiger partial charge in [0.1, 0.15) is 5.82 Å². The highest BCUT2D eigenvalue weighted by Gasteiger charge is 2.04. The maximum atomic E-state index is 4.57. The minimum absolute atomic E-state index is 0. The van der Waals surface area contributed by atoms with E-state index in [1.807, 2.05) is 28.8 Å². The van der Waals surface area contributed by atoms with Gasteiger partial charge in [-0.15, -0.1) is 34.2 Å². The summed E-state index contributed by atoms with van der Waals surface area (Å²) in [6.07, 6.45) is 3.82. The molecule has 0 aliphatic carbocycles. The number of pyridine rings is 1. The maximum absolute atomic E-state index is 4.57. The average molecular weight is 416 g/mol. The molecule has 122 valence electrons. The van der Waals surface area contributed by atoms with Crippen molar-refractivity contribution < 1.29 is 0 Å². The Balaban J connectivity index is 0.00000242. The molecule has 0 unspecified atom stereocenters. The second-order valence-electron chi connectivity index (χ2n) is 5.21. The van der Waals surface area contributed by atoms with E-state index in [1.54, 1.807) is 0 Å². The van der Waals surface area contributed by atoms with Crippen molar-refractivity contribution in [3.8, 4) is 0 Å². The monoisotopic (exact) mass is 416 g/mol. The van der Waals surface area contributed by atoms with Crippen LogP contribution in [-0.2, 0) is 6.42 Å². The normalized spacial score (nSPS) is 11.5. The predicted octanol–water partition coefficient (Wildman–Crippen LogP) is 2.24. The van der Waals surface area contributed by atoms with Crippen LogP contribution in [0.3, 0.4) is 0 Å². The summed E-state index contributed by atoms with van der Waals surface area (Å²) < 4.78 is 2.03. The molecular formula is C15H25IN6. The molecule has 0 bridgehead atoms. The van der Waals surface area contributed by atoms with Crippen LogP contribution >= 0.6 is 24.0 Å². The summed E-state index contributed by atoms with van der Waals surface area (Å²) in [7, 11) is 0. The Morgan fingerprint density at radius 3 is 2.86 bits per heavy atom. The van der Waals surface area contributed by atoms with E-state index >= 15 is 0 Å². The molecule has 2 rings (SSSR count). The van der Waals surface area contributed by atoms with E-state index in [2.05, 4.69) is 46.6 Å². The van der Waals surface area contributed by atoms with E-state index in [1.165, 1.54) is 0 Å². The first-order chi connectivity index (χ1) is 10.2. The lowest BCUT2D eigenvalue weighted by atomic mass is 10.3. The lowest BCUT2D eigenvalue weighted by Gasteiger charge is -2.13. The van der Waals surface area contributed by atoms with E-state index in [-0.39, 0.29) is 24.0 Å². The first-order valence-corrected chi connectivity index (χ1v) is 7.54. The van der Waals surface area contributed by atoms with E-state index in [0.717, 1.165) is 43.4 Å². The van der Waals surface area contributed by atoms with Crippen LogP contribution in [0.4, 0.5) is 0 Å². The molecule has 0 saturated carbocycles. The number of guanidine groups is 1. The topological polar surface area (TPSA) is 66.6 Å². The van der Waals surface area contributed by atoms with Crippen LogP contribution in [-0.4, -0.2) is 39.7 Å². The molecule has 0 saturated heterocycles. The van der Waals surface area contributed by atoms with Gasteiger partial charge in [0, 0.05) is 31.7 Å². The summed E-state index contributed by atoms with van der Waals surface area (Å²) in [6, 6.07) is 6.31. The van der Waals surface area contributed by atoms with Gasteiger partial charge in [-0.1, -0.05) is 6.07 Å². The summed E-state index contributed by atoms with van der Waals surface area (Å²) in [5.41, 5.74) is 0.894. The molecule has 0 atom stereocenters. The van der Waals surface area contributed by atoms with Gasteiger partial charge in [0.25, 0.3) is 0 Å². The van der Waals surface area contributed by atoms with Gasteiger partial charge >= 0.3 is 0 Å². The van der Waals surface area contributed by atoms with E-state index in [0.29, 0.717) is 6.04 Å². The van der Waals surface area contributed by atoms with Gasteiger partial charge in [-0.3, -0.25) is 9.39 Å². The van der Waals surface area contributed by atoms with Crippen molar-refractivity contribution >= 4 is 35.6 Å². The van der Waals surface area contributed by atoms with Crippen molar-refractivity contribution in [2.24, 2.45) is 4.99 Å². The highest BCUT2D eigenvalue weighted by Crippen LogP contribution is 2.05. The molecule has 0 fully saturated rings. The van der Waals surface area contributed by atoms with Crippen molar-refractivity contribution in [2.45, 2.75) is 39.7 Å². The molecule has 0 aromatic carbocycles. The summed E-state index contributed by atoms with van der Waals surface area (Å²) in [6.45, 7) is 7.92. The Labute approximate surface area is 148 Å². The first-order valence-electron chi connectivity index (χ1n) is 7.54. The van der Waals surface area contributed by atoms with Crippen LogP contribution in [0.2, 0.25) is 0 Å². The molecule has 0 aliphatic heterocycles. The number of aryl methyl sites for hydroxylation is 1. The van der Waals surface area contributed by atoms with Crippen LogP contribution in [0.5, 0.6) is 0 Å². The third-order valence-electron chi connectivity index (χ3n) is 2.98. The molecule has 2 aromatic heterocycles. The number of nitrogens with zero attached hydrogens (tertiary/aromatic N) is 4. The number of halogens is 1. The third kappa shape index (κ3) is 5.43. The number of aliphatic imine (C=N–C) groups is 1. The molecule has 6 nitrogen and oxygen atoms in total. The van der Waals surface area contributed by atoms with Gasteiger partial charge in [-0.2, -0.15) is 0 Å². The second-order valence-corrected chi connectivity index (χ2v) is 5.21. The largest absolute Gasteiger partial charge is 0.357 e. The molecule has 2 N–H and O–H groups in total. The number of aromatic nitrogens is 3. The summed E-state index contributed by atoms with van der Waals surface area (Å²) in [5.74, 6) is 1.86. The number of rotatable bonds is 6. The maximum Gasteiger partial charge on any atom is 0.191 e. The molecular weight excluding hydrogens is 391 g/mol. The SMILES string of the molecule is CCNC(=NCCCc1nnc2ccccn12)NC(C)C.I. The van der Waals surface area contributed by atoms with E-state index in [4.69, 9.17) is 0 Å². The van der Waals surface area contributed by atoms with Gasteiger partial charge in [-0.25, -0.2) is 0 Å². The van der Waals surface area contributed by atoms with Crippen molar-refractivity contribution in [1.82, 2.24) is 25.2 Å². The number of hydrogen-bond donors (Lipinski definition) is 2. The van der Waals surface area contributed by atoms with Crippen LogP contribution < -0.4 is 10.6 Å². The van der Waals surface area contributed by atoms with E-state index in [9.17, 15) is 0 Å². The Kier molecular flexibility index (Phi) is 8.15. The standard InChI is InChI=1S/C15H24N6.HI/c1-4-16-15(18-12(2)3)17-10-7-9-14-20-19-13-8-5-6-11-21(13)14;/h5-6,8,11-12H,4,7,9-10H2,1-3H3,(H2,16,17,18);1H. The predicted molar refractivity (Wildman–Crippen MR) is 101 cm³/mol. The fourth-order valence-electron chi connectivity index (χ4n) is 2.08. The van der Waals surface area contributed by atoms with Crippen molar-refractivity contribution in [1.29, 1.82) is 0 Å². The first kappa shape index (κ1) is 18.7. The van der Waals surface area contributed by atoms with Crippen LogP contribution in [0.1, 0.15) is 33.0 Å². The van der Waals surface area contributed by atoms with Gasteiger partial charge in [-0.05, 0) is 39.3 Å². The van der Waals surface area contributed by atoms with Crippen molar-refractivity contribution in [3.05, 3.63) is 30.2 Å². The average Bonchev–Trinajstić information content (AvgIpc) is 2.86. The number of fused-ring (bicyclic) bond motifs is 1. The minimum atomic E-state index is 0. The molecule has 2 aromatic rings. The zero-order valence-corrected chi connectivity index (χ0v) is 15.7. The Hall–Kier alpha value is -1.38. The minimum Gasteiger partial charge on any atom is -0.357 e. The van der Waals surface area contributed by atoms with Crippen LogP contribution in [0, 0.1) is 0 Å². The Morgan fingerprint density at radius 1 is 1.32 bits per heavy atom. The molecule has 0 amide bonds. The smallest absolute Gasteiger partial charge is 0.191 e. The second kappa shape index (κ2) is 9.60. The fraction of sp³-hybridized carbons (Fsp3) is 0.533. The van der Waals surface area contributed by atoms with Crippen LogP contribution in [0.15, 0.2) is 29.4 Å². The number of hydrogen-bond acceptors (Lipinski definition) is 3. The zero-order valence-electron chi connectivity index (χ0n) is 13.4. The Morgan fingerprint density at radius 2 is 2.14 bits per heavy atom. The van der Waals surface area contributed by atoms with E-state index < -0.39 is 0 Å². The summed E-state index contributed by atoms with van der Waals surface area (Å²) in [5, 5.41) is 14.9. The van der Waals surface area contributed by atoms with Crippen molar-refractivity contribution in [3.63, 3.8) is 0 Å². The highest BCUT2D eigenvalue weighted by molar-refractivity contribution is 14.0. The molecule has 0 spiro atoms.